The molecule has 21 heavy (non-hydrogen) atoms. The Morgan fingerprint density at radius 3 is 2.62 bits per heavy atom. The van der Waals surface area contributed by atoms with Gasteiger partial charge in [0, 0.05) is 17.2 Å². The molecule has 1 aromatic heterocycles. The van der Waals surface area contributed by atoms with Gasteiger partial charge in [0.15, 0.2) is 11.6 Å². The van der Waals surface area contributed by atoms with E-state index in [9.17, 15) is 8.78 Å². The van der Waals surface area contributed by atoms with E-state index in [2.05, 4.69) is 4.98 Å². The highest BCUT2D eigenvalue weighted by molar-refractivity contribution is 6.30. The molecular formula is C14H10ClF2N3O. The molecule has 0 aliphatic carbocycles. The third-order valence-electron chi connectivity index (χ3n) is 3.10. The summed E-state index contributed by atoms with van der Waals surface area (Å²) in [4.78, 5) is 4.03. The minimum absolute atomic E-state index is 0.0259. The second-order valence-electron chi connectivity index (χ2n) is 4.38. The van der Waals surface area contributed by atoms with Gasteiger partial charge in [0.2, 0.25) is 5.95 Å². The minimum Gasteiger partial charge on any atom is -0.494 e. The highest BCUT2D eigenvalue weighted by atomic mass is 35.5. The summed E-state index contributed by atoms with van der Waals surface area (Å²) in [6, 6.07) is 6.79. The molecule has 0 spiro atoms. The van der Waals surface area contributed by atoms with Gasteiger partial charge < -0.3 is 10.5 Å². The normalized spacial score (nSPS) is 11.0. The van der Waals surface area contributed by atoms with Crippen LogP contribution in [0.25, 0.3) is 16.7 Å². The van der Waals surface area contributed by atoms with Crippen LogP contribution in [-0.4, -0.2) is 16.7 Å². The Kier molecular flexibility index (Phi) is 3.17. The Labute approximate surface area is 123 Å². The summed E-state index contributed by atoms with van der Waals surface area (Å²) in [6.07, 6.45) is 0. The first-order chi connectivity index (χ1) is 10.0. The maximum absolute atomic E-state index is 14.1. The van der Waals surface area contributed by atoms with Gasteiger partial charge in [-0.15, -0.1) is 0 Å². The minimum atomic E-state index is -0.564. The summed E-state index contributed by atoms with van der Waals surface area (Å²) < 4.78 is 34.1. The fourth-order valence-corrected chi connectivity index (χ4v) is 2.33. The Morgan fingerprint density at radius 1 is 1.19 bits per heavy atom. The summed E-state index contributed by atoms with van der Waals surface area (Å²) in [5, 5.41) is 0.267. The molecule has 0 bridgehead atoms. The van der Waals surface area contributed by atoms with Crippen LogP contribution in [-0.2, 0) is 0 Å². The lowest BCUT2D eigenvalue weighted by molar-refractivity contribution is 0.387. The van der Waals surface area contributed by atoms with E-state index in [0.29, 0.717) is 11.0 Å². The molecule has 0 radical (unpaired) electrons. The van der Waals surface area contributed by atoms with E-state index in [1.54, 1.807) is 0 Å². The van der Waals surface area contributed by atoms with Gasteiger partial charge in [-0.1, -0.05) is 11.6 Å². The number of benzene rings is 2. The highest BCUT2D eigenvalue weighted by Crippen LogP contribution is 2.30. The van der Waals surface area contributed by atoms with Crippen molar-refractivity contribution in [2.75, 3.05) is 12.8 Å². The third kappa shape index (κ3) is 2.17. The zero-order valence-corrected chi connectivity index (χ0v) is 11.7. The third-order valence-corrected chi connectivity index (χ3v) is 3.34. The average molecular weight is 310 g/mol. The lowest BCUT2D eigenvalue weighted by Gasteiger charge is -2.09. The summed E-state index contributed by atoms with van der Waals surface area (Å²) in [5.41, 5.74) is 6.74. The van der Waals surface area contributed by atoms with Gasteiger partial charge in [-0.2, -0.15) is 0 Å². The van der Waals surface area contributed by atoms with Crippen LogP contribution >= 0.6 is 11.6 Å². The quantitative estimate of drug-likeness (QED) is 0.787. The highest BCUT2D eigenvalue weighted by Gasteiger charge is 2.16. The molecule has 0 aliphatic heterocycles. The van der Waals surface area contributed by atoms with Crippen molar-refractivity contribution in [1.29, 1.82) is 0 Å². The van der Waals surface area contributed by atoms with E-state index in [1.807, 2.05) is 0 Å². The smallest absolute Gasteiger partial charge is 0.206 e. The standard InChI is InChI=1S/C14H10ClF2N3O/c1-21-13-6-12-10(5-9(13)17)19-14(18)20(12)11-3-2-7(15)4-8(11)16/h2-6H,1H3,(H2,18,19). The zero-order valence-electron chi connectivity index (χ0n) is 10.9. The predicted octanol–water partition coefficient (Wildman–Crippen LogP) is 3.55. The summed E-state index contributed by atoms with van der Waals surface area (Å²) in [7, 11) is 1.34. The molecule has 0 unspecified atom stereocenters. The molecule has 108 valence electrons. The van der Waals surface area contributed by atoms with E-state index >= 15 is 0 Å². The van der Waals surface area contributed by atoms with Crippen molar-refractivity contribution in [3.63, 3.8) is 0 Å². The van der Waals surface area contributed by atoms with Crippen molar-refractivity contribution >= 4 is 28.6 Å². The van der Waals surface area contributed by atoms with Gasteiger partial charge in [0.1, 0.15) is 5.82 Å². The molecule has 4 nitrogen and oxygen atoms in total. The monoisotopic (exact) mass is 309 g/mol. The van der Waals surface area contributed by atoms with E-state index in [4.69, 9.17) is 22.1 Å². The summed E-state index contributed by atoms with van der Waals surface area (Å²) >= 11 is 5.74. The lowest BCUT2D eigenvalue weighted by atomic mass is 10.2. The van der Waals surface area contributed by atoms with Gasteiger partial charge in [-0.25, -0.2) is 13.8 Å². The molecule has 0 aliphatic rings. The Balaban J connectivity index is 2.33. The maximum atomic E-state index is 14.1. The molecule has 0 fully saturated rings. The van der Waals surface area contributed by atoms with Crippen LogP contribution in [0.15, 0.2) is 30.3 Å². The number of nitrogen functional groups attached to an aromatic ring is 1. The number of methoxy groups -OCH3 is 1. The number of fused-ring (bicyclic) bond motifs is 1. The second-order valence-corrected chi connectivity index (χ2v) is 4.81. The molecule has 2 aromatic carbocycles. The zero-order chi connectivity index (χ0) is 15.1. The van der Waals surface area contributed by atoms with Crippen molar-refractivity contribution in [3.05, 3.63) is 47.0 Å². The fraction of sp³-hybridized carbons (Fsp3) is 0.0714. The molecule has 2 N–H and O–H groups in total. The molecule has 0 amide bonds. The fourth-order valence-electron chi connectivity index (χ4n) is 2.17. The largest absolute Gasteiger partial charge is 0.494 e. The molecule has 0 atom stereocenters. The lowest BCUT2D eigenvalue weighted by Crippen LogP contribution is -2.03. The number of aromatic nitrogens is 2. The number of nitrogens with two attached hydrogens (primary N) is 1. The van der Waals surface area contributed by atoms with Gasteiger partial charge in [0.05, 0.1) is 23.8 Å². The van der Waals surface area contributed by atoms with Crippen LogP contribution in [0.4, 0.5) is 14.7 Å². The van der Waals surface area contributed by atoms with E-state index in [0.717, 1.165) is 0 Å². The van der Waals surface area contributed by atoms with Crippen LogP contribution in [0.3, 0.4) is 0 Å². The first-order valence-electron chi connectivity index (χ1n) is 5.98. The number of imidazole rings is 1. The molecule has 0 saturated carbocycles. The van der Waals surface area contributed by atoms with Crippen molar-refractivity contribution in [3.8, 4) is 11.4 Å². The maximum Gasteiger partial charge on any atom is 0.206 e. The van der Waals surface area contributed by atoms with Crippen molar-refractivity contribution in [2.24, 2.45) is 0 Å². The number of halogens is 3. The van der Waals surface area contributed by atoms with Crippen molar-refractivity contribution < 1.29 is 13.5 Å². The van der Waals surface area contributed by atoms with Gasteiger partial charge in [-0.05, 0) is 18.2 Å². The van der Waals surface area contributed by atoms with Crippen LogP contribution in [0, 0.1) is 11.6 Å². The number of rotatable bonds is 2. The SMILES string of the molecule is COc1cc2c(cc1F)nc(N)n2-c1ccc(Cl)cc1F. The number of hydrogen-bond acceptors (Lipinski definition) is 3. The van der Waals surface area contributed by atoms with Gasteiger partial charge in [0.25, 0.3) is 0 Å². The average Bonchev–Trinajstić information content (AvgIpc) is 2.73. The van der Waals surface area contributed by atoms with E-state index in [-0.39, 0.29) is 22.4 Å². The van der Waals surface area contributed by atoms with Crippen LogP contribution in [0.5, 0.6) is 5.75 Å². The predicted molar refractivity (Wildman–Crippen MR) is 77.0 cm³/mol. The van der Waals surface area contributed by atoms with Gasteiger partial charge >= 0.3 is 0 Å². The molecule has 7 heteroatoms. The molecule has 1 heterocycles. The number of ether oxygens (including phenoxy) is 1. The summed E-state index contributed by atoms with van der Waals surface area (Å²) in [6.45, 7) is 0. The first kappa shape index (κ1) is 13.6. The number of anilines is 1. The Morgan fingerprint density at radius 2 is 1.95 bits per heavy atom. The Bertz CT molecular complexity index is 848. The molecular weight excluding hydrogens is 300 g/mol. The first-order valence-corrected chi connectivity index (χ1v) is 6.36. The summed E-state index contributed by atoms with van der Waals surface area (Å²) in [5.74, 6) is -1.06. The number of hydrogen-bond donors (Lipinski definition) is 1. The molecule has 3 rings (SSSR count). The number of nitrogens with zero attached hydrogens (tertiary/aromatic N) is 2. The van der Waals surface area contributed by atoms with Gasteiger partial charge in [-0.3, -0.25) is 4.57 Å². The Hall–Kier alpha value is -2.34. The van der Waals surface area contributed by atoms with Crippen LogP contribution in [0.2, 0.25) is 5.02 Å². The van der Waals surface area contributed by atoms with Crippen molar-refractivity contribution in [1.82, 2.24) is 9.55 Å². The van der Waals surface area contributed by atoms with E-state index in [1.165, 1.54) is 42.0 Å². The topological polar surface area (TPSA) is 53.1 Å². The molecule has 0 saturated heterocycles. The van der Waals surface area contributed by atoms with Crippen LogP contribution < -0.4 is 10.5 Å². The van der Waals surface area contributed by atoms with Crippen molar-refractivity contribution in [2.45, 2.75) is 0 Å². The van der Waals surface area contributed by atoms with Crippen LogP contribution in [0.1, 0.15) is 0 Å². The van der Waals surface area contributed by atoms with E-state index < -0.39 is 11.6 Å². The molecule has 3 aromatic rings. The second kappa shape index (κ2) is 4.89.